The van der Waals surface area contributed by atoms with Crippen molar-refractivity contribution in [2.75, 3.05) is 19.8 Å². The fraction of sp³-hybridized carbons (Fsp3) is 0.519. The first-order chi connectivity index (χ1) is 16.1. The summed E-state index contributed by atoms with van der Waals surface area (Å²) < 4.78 is 17.8. The van der Waals surface area contributed by atoms with Crippen LogP contribution in [0.2, 0.25) is 0 Å². The minimum atomic E-state index is -0.558. The molecule has 3 aliphatic rings. The van der Waals surface area contributed by atoms with Gasteiger partial charge in [-0.25, -0.2) is 0 Å². The van der Waals surface area contributed by atoms with Crippen molar-refractivity contribution in [1.29, 1.82) is 5.26 Å². The number of nitriles is 1. The molecule has 2 saturated heterocycles. The quantitative estimate of drug-likeness (QED) is 0.669. The minimum absolute atomic E-state index is 0.0711. The Morgan fingerprint density at radius 3 is 2.58 bits per heavy atom. The second-order valence-electron chi connectivity index (χ2n) is 9.51. The third-order valence-electron chi connectivity index (χ3n) is 6.89. The summed E-state index contributed by atoms with van der Waals surface area (Å²) >= 11 is 0. The van der Waals surface area contributed by atoms with Gasteiger partial charge in [-0.3, -0.25) is 0 Å². The number of rotatable bonds is 7. The highest BCUT2D eigenvalue weighted by Crippen LogP contribution is 2.41. The molecule has 6 nitrogen and oxygen atoms in total. The second kappa shape index (κ2) is 9.82. The molecule has 0 bridgehead atoms. The van der Waals surface area contributed by atoms with Gasteiger partial charge < -0.3 is 24.4 Å². The van der Waals surface area contributed by atoms with Crippen LogP contribution in [0.3, 0.4) is 0 Å². The number of hydrogen-bond donors (Lipinski definition) is 2. The summed E-state index contributed by atoms with van der Waals surface area (Å²) in [5, 5.41) is 29.9. The van der Waals surface area contributed by atoms with Gasteiger partial charge in [-0.2, -0.15) is 5.26 Å². The van der Waals surface area contributed by atoms with Gasteiger partial charge in [-0.1, -0.05) is 24.3 Å². The van der Waals surface area contributed by atoms with E-state index < -0.39 is 18.3 Å². The van der Waals surface area contributed by atoms with Crippen molar-refractivity contribution >= 4 is 0 Å². The van der Waals surface area contributed by atoms with Gasteiger partial charge in [0.15, 0.2) is 0 Å². The maximum Gasteiger partial charge on any atom is 0.127 e. The van der Waals surface area contributed by atoms with Crippen molar-refractivity contribution in [3.63, 3.8) is 0 Å². The fourth-order valence-corrected chi connectivity index (χ4v) is 4.89. The Labute approximate surface area is 194 Å². The van der Waals surface area contributed by atoms with Crippen LogP contribution in [0.25, 0.3) is 0 Å². The smallest absolute Gasteiger partial charge is 0.127 e. The molecule has 4 atom stereocenters. The molecule has 0 amide bonds. The summed E-state index contributed by atoms with van der Waals surface area (Å²) in [6.45, 7) is 1.03. The molecule has 6 heteroatoms. The molecule has 33 heavy (non-hydrogen) atoms. The molecule has 1 saturated carbocycles. The zero-order chi connectivity index (χ0) is 22.8. The van der Waals surface area contributed by atoms with Crippen molar-refractivity contribution in [3.05, 3.63) is 64.2 Å². The maximum absolute atomic E-state index is 10.4. The van der Waals surface area contributed by atoms with Crippen LogP contribution in [0.5, 0.6) is 5.75 Å². The number of ether oxygens (including phenoxy) is 3. The molecule has 1 aliphatic carbocycles. The van der Waals surface area contributed by atoms with Gasteiger partial charge >= 0.3 is 0 Å². The van der Waals surface area contributed by atoms with Gasteiger partial charge in [0.1, 0.15) is 11.9 Å². The van der Waals surface area contributed by atoms with Gasteiger partial charge in [0.05, 0.1) is 49.8 Å². The standard InChI is InChI=1S/C27H31NO5/c28-14-21-11-26(32-23-7-8-31-16-23)25(27-13-22(30)12-24(15-29)33-27)10-20(21)9-17-1-3-18(4-2-17)19-5-6-19/h1-4,10-11,19,22-24,27,29-30H,5-9,12-13,15-16H2. The zero-order valence-corrected chi connectivity index (χ0v) is 18.8. The molecule has 0 radical (unpaired) electrons. The van der Waals surface area contributed by atoms with E-state index >= 15 is 0 Å². The van der Waals surface area contributed by atoms with Gasteiger partial charge in [-0.15, -0.1) is 0 Å². The highest BCUT2D eigenvalue weighted by atomic mass is 16.5. The van der Waals surface area contributed by atoms with Gasteiger partial charge in [0.25, 0.3) is 0 Å². The van der Waals surface area contributed by atoms with Crippen LogP contribution in [0.4, 0.5) is 0 Å². The van der Waals surface area contributed by atoms with Crippen molar-refractivity contribution in [2.24, 2.45) is 0 Å². The monoisotopic (exact) mass is 449 g/mol. The average molecular weight is 450 g/mol. The van der Waals surface area contributed by atoms with Crippen molar-refractivity contribution in [1.82, 2.24) is 0 Å². The highest BCUT2D eigenvalue weighted by molar-refractivity contribution is 5.51. The van der Waals surface area contributed by atoms with E-state index in [0.717, 1.165) is 23.1 Å². The number of hydrogen-bond acceptors (Lipinski definition) is 6. The summed E-state index contributed by atoms with van der Waals surface area (Å²) in [5.41, 5.74) is 4.85. The van der Waals surface area contributed by atoms with E-state index in [1.807, 2.05) is 6.07 Å². The molecule has 2 aliphatic heterocycles. The molecule has 2 heterocycles. The predicted octanol–water partition coefficient (Wildman–Crippen LogP) is 3.77. The Hall–Kier alpha value is -2.43. The topological polar surface area (TPSA) is 91.9 Å². The third-order valence-corrected chi connectivity index (χ3v) is 6.89. The van der Waals surface area contributed by atoms with Crippen LogP contribution in [0, 0.1) is 11.3 Å². The van der Waals surface area contributed by atoms with E-state index in [0.29, 0.717) is 49.7 Å². The summed E-state index contributed by atoms with van der Waals surface area (Å²) in [4.78, 5) is 0. The number of nitrogens with zero attached hydrogens (tertiary/aromatic N) is 1. The molecular weight excluding hydrogens is 418 g/mol. The third kappa shape index (κ3) is 5.23. The minimum Gasteiger partial charge on any atom is -0.487 e. The largest absolute Gasteiger partial charge is 0.487 e. The molecule has 2 N–H and O–H groups in total. The molecule has 4 unspecified atom stereocenters. The van der Waals surface area contributed by atoms with Crippen LogP contribution in [0.1, 0.15) is 71.9 Å². The molecule has 2 aromatic rings. The van der Waals surface area contributed by atoms with Gasteiger partial charge in [-0.05, 0) is 54.0 Å². The van der Waals surface area contributed by atoms with Crippen LogP contribution in [-0.4, -0.2) is 48.3 Å². The molecule has 5 rings (SSSR count). The van der Waals surface area contributed by atoms with E-state index in [1.165, 1.54) is 18.4 Å². The Kier molecular flexibility index (Phi) is 6.66. The number of benzene rings is 2. The molecule has 3 fully saturated rings. The van der Waals surface area contributed by atoms with Crippen LogP contribution >= 0.6 is 0 Å². The maximum atomic E-state index is 10.4. The lowest BCUT2D eigenvalue weighted by Gasteiger charge is -2.34. The first-order valence-corrected chi connectivity index (χ1v) is 12.0. The molecule has 0 aromatic heterocycles. The Bertz CT molecular complexity index is 1000. The zero-order valence-electron chi connectivity index (χ0n) is 18.8. The van der Waals surface area contributed by atoms with Crippen LogP contribution < -0.4 is 4.74 Å². The lowest BCUT2D eigenvalue weighted by molar-refractivity contribution is -0.114. The summed E-state index contributed by atoms with van der Waals surface area (Å²) in [6.07, 6.45) is 3.36. The van der Waals surface area contributed by atoms with E-state index in [-0.39, 0.29) is 12.7 Å². The Balaban J connectivity index is 1.47. The normalized spacial score (nSPS) is 27.3. The van der Waals surface area contributed by atoms with Crippen molar-refractivity contribution < 1.29 is 24.4 Å². The average Bonchev–Trinajstić information content (AvgIpc) is 3.56. The Morgan fingerprint density at radius 1 is 1.09 bits per heavy atom. The lowest BCUT2D eigenvalue weighted by Crippen LogP contribution is -2.34. The van der Waals surface area contributed by atoms with Crippen LogP contribution in [0.15, 0.2) is 36.4 Å². The first kappa shape index (κ1) is 22.4. The van der Waals surface area contributed by atoms with E-state index in [1.54, 1.807) is 6.07 Å². The predicted molar refractivity (Wildman–Crippen MR) is 122 cm³/mol. The molecule has 0 spiro atoms. The van der Waals surface area contributed by atoms with E-state index in [2.05, 4.69) is 30.3 Å². The van der Waals surface area contributed by atoms with Crippen LogP contribution in [-0.2, 0) is 15.9 Å². The second-order valence-corrected chi connectivity index (χ2v) is 9.51. The summed E-state index contributed by atoms with van der Waals surface area (Å²) in [5.74, 6) is 1.32. The fourth-order valence-electron chi connectivity index (χ4n) is 4.89. The molecule has 174 valence electrons. The van der Waals surface area contributed by atoms with Crippen molar-refractivity contribution in [2.45, 2.75) is 68.9 Å². The van der Waals surface area contributed by atoms with Gasteiger partial charge in [0.2, 0.25) is 0 Å². The summed E-state index contributed by atoms with van der Waals surface area (Å²) in [6, 6.07) is 14.8. The first-order valence-electron chi connectivity index (χ1n) is 12.0. The summed E-state index contributed by atoms with van der Waals surface area (Å²) in [7, 11) is 0. The van der Waals surface area contributed by atoms with E-state index in [4.69, 9.17) is 14.2 Å². The number of aliphatic hydroxyl groups excluding tert-OH is 2. The highest BCUT2D eigenvalue weighted by Gasteiger charge is 2.32. The molecular formula is C27H31NO5. The lowest BCUT2D eigenvalue weighted by atomic mass is 9.91. The SMILES string of the molecule is N#Cc1cc(OC2CCOC2)c(C2CC(O)CC(CO)O2)cc1Cc1ccc(C2CC2)cc1. The van der Waals surface area contributed by atoms with Gasteiger partial charge in [0, 0.05) is 24.8 Å². The van der Waals surface area contributed by atoms with Crippen molar-refractivity contribution in [3.8, 4) is 11.8 Å². The van der Waals surface area contributed by atoms with E-state index in [9.17, 15) is 15.5 Å². The molecule has 2 aromatic carbocycles. The number of aliphatic hydroxyl groups is 2. The Morgan fingerprint density at radius 2 is 1.91 bits per heavy atom.